The van der Waals surface area contributed by atoms with Gasteiger partial charge in [0.15, 0.2) is 11.2 Å². The highest BCUT2D eigenvalue weighted by Crippen LogP contribution is 2.49. The summed E-state index contributed by atoms with van der Waals surface area (Å²) in [5, 5.41) is 8.39. The van der Waals surface area contributed by atoms with E-state index in [2.05, 4.69) is 15.8 Å². The van der Waals surface area contributed by atoms with Gasteiger partial charge in [0.2, 0.25) is 17.4 Å². The highest BCUT2D eigenvalue weighted by atomic mass is 19.1. The van der Waals surface area contributed by atoms with Gasteiger partial charge in [0.25, 0.3) is 5.88 Å². The summed E-state index contributed by atoms with van der Waals surface area (Å²) in [5.74, 6) is -2.01. The molecule has 3 aliphatic rings. The Labute approximate surface area is 163 Å². The van der Waals surface area contributed by atoms with E-state index in [1.165, 1.54) is 7.11 Å². The summed E-state index contributed by atoms with van der Waals surface area (Å²) in [6.07, 6.45) is -0.690. The van der Waals surface area contributed by atoms with E-state index in [-0.39, 0.29) is 36.7 Å². The second-order valence-electron chi connectivity index (χ2n) is 7.37. The van der Waals surface area contributed by atoms with Gasteiger partial charge in [-0.2, -0.15) is 0 Å². The van der Waals surface area contributed by atoms with Crippen molar-refractivity contribution in [3.05, 3.63) is 17.4 Å². The molecule has 2 saturated heterocycles. The van der Waals surface area contributed by atoms with Gasteiger partial charge in [-0.15, -0.1) is 0 Å². The molecule has 3 aliphatic heterocycles. The molecule has 4 amide bonds. The fourth-order valence-electron chi connectivity index (χ4n) is 4.79. The molecule has 0 bridgehead atoms. The minimum Gasteiger partial charge on any atom is -0.478 e. The lowest BCUT2D eigenvalue weighted by atomic mass is 9.66. The maximum absolute atomic E-state index is 15.5. The Morgan fingerprint density at radius 1 is 1.31 bits per heavy atom. The zero-order chi connectivity index (χ0) is 20.5. The summed E-state index contributed by atoms with van der Waals surface area (Å²) in [7, 11) is 1.38. The molecule has 0 aliphatic carbocycles. The Hall–Kier alpha value is -3.21. The van der Waals surface area contributed by atoms with Crippen molar-refractivity contribution in [2.45, 2.75) is 25.5 Å². The van der Waals surface area contributed by atoms with Gasteiger partial charge in [-0.1, -0.05) is 0 Å². The number of methoxy groups -OCH3 is 1. The van der Waals surface area contributed by atoms with Gasteiger partial charge >= 0.3 is 6.03 Å². The summed E-state index contributed by atoms with van der Waals surface area (Å²) in [6, 6.07) is -0.0821. The van der Waals surface area contributed by atoms with Crippen molar-refractivity contribution in [2.24, 2.45) is 5.41 Å². The van der Waals surface area contributed by atoms with Gasteiger partial charge in [-0.25, -0.2) is 9.18 Å². The summed E-state index contributed by atoms with van der Waals surface area (Å²) >= 11 is 0. The molecule has 0 radical (unpaired) electrons. The van der Waals surface area contributed by atoms with Crippen LogP contribution in [0.15, 0.2) is 10.6 Å². The van der Waals surface area contributed by atoms with Crippen LogP contribution in [0.3, 0.4) is 0 Å². The third kappa shape index (κ3) is 2.18. The topological polar surface area (TPSA) is 123 Å². The number of anilines is 1. The minimum atomic E-state index is -1.66. The third-order valence-electron chi connectivity index (χ3n) is 5.94. The largest absolute Gasteiger partial charge is 0.478 e. The number of benzene rings is 1. The average molecular weight is 404 g/mol. The summed E-state index contributed by atoms with van der Waals surface area (Å²) in [4.78, 5) is 39.3. The van der Waals surface area contributed by atoms with Crippen LogP contribution < -0.4 is 20.3 Å². The van der Waals surface area contributed by atoms with Gasteiger partial charge in [0.1, 0.15) is 0 Å². The molecule has 0 saturated carbocycles. The van der Waals surface area contributed by atoms with Crippen LogP contribution in [0.25, 0.3) is 11.0 Å². The molecular formula is C18H17FN4O6. The second kappa shape index (κ2) is 5.89. The SMILES string of the molecule is COc1noc2c(F)c3c(cc12)CC1(C(=O)NC(=O)NC1=O)[C@H]1[C@H](C)OCCN31. The first-order chi connectivity index (χ1) is 13.9. The lowest BCUT2D eigenvalue weighted by Crippen LogP contribution is -2.74. The molecule has 2 N–H and O–H groups in total. The molecule has 2 atom stereocenters. The molecule has 10 nitrogen and oxygen atoms in total. The molecule has 4 heterocycles. The zero-order valence-electron chi connectivity index (χ0n) is 15.6. The zero-order valence-corrected chi connectivity index (χ0v) is 15.6. The molecule has 1 spiro atoms. The number of nitrogens with zero attached hydrogens (tertiary/aromatic N) is 2. The van der Waals surface area contributed by atoms with E-state index in [0.717, 1.165) is 0 Å². The number of hydrogen-bond acceptors (Lipinski definition) is 8. The Balaban J connectivity index is 1.78. The molecule has 29 heavy (non-hydrogen) atoms. The Kier molecular flexibility index (Phi) is 3.63. The molecule has 0 unspecified atom stereocenters. The number of carbonyl (C=O) groups excluding carboxylic acids is 3. The van der Waals surface area contributed by atoms with Gasteiger partial charge < -0.3 is 18.9 Å². The Bertz CT molecular complexity index is 1060. The molecular weight excluding hydrogens is 387 g/mol. The number of carbonyl (C=O) groups is 3. The van der Waals surface area contributed by atoms with E-state index in [9.17, 15) is 14.4 Å². The van der Waals surface area contributed by atoms with Crippen molar-refractivity contribution in [3.8, 4) is 5.88 Å². The van der Waals surface area contributed by atoms with Crippen LogP contribution in [0, 0.1) is 11.2 Å². The van der Waals surface area contributed by atoms with Crippen molar-refractivity contribution < 1.29 is 32.8 Å². The number of nitrogens with one attached hydrogen (secondary N) is 2. The number of hydrogen-bond donors (Lipinski definition) is 2. The molecule has 1 aromatic carbocycles. The van der Waals surface area contributed by atoms with Crippen LogP contribution >= 0.6 is 0 Å². The predicted molar refractivity (Wildman–Crippen MR) is 94.9 cm³/mol. The number of fused-ring (bicyclic) bond motifs is 5. The number of urea groups is 1. The smallest absolute Gasteiger partial charge is 0.328 e. The molecule has 11 heteroatoms. The first-order valence-corrected chi connectivity index (χ1v) is 9.08. The van der Waals surface area contributed by atoms with Crippen LogP contribution in [-0.2, 0) is 20.7 Å². The van der Waals surface area contributed by atoms with Crippen LogP contribution in [0.4, 0.5) is 14.9 Å². The van der Waals surface area contributed by atoms with Crippen molar-refractivity contribution in [2.75, 3.05) is 25.2 Å². The van der Waals surface area contributed by atoms with E-state index in [4.69, 9.17) is 14.0 Å². The monoisotopic (exact) mass is 404 g/mol. The van der Waals surface area contributed by atoms with E-state index < -0.39 is 41.2 Å². The molecule has 2 fully saturated rings. The molecule has 5 rings (SSSR count). The lowest BCUT2D eigenvalue weighted by molar-refractivity contribution is -0.151. The van der Waals surface area contributed by atoms with Crippen molar-refractivity contribution >= 4 is 34.5 Å². The number of rotatable bonds is 1. The number of barbiturate groups is 1. The van der Waals surface area contributed by atoms with Gasteiger partial charge in [0, 0.05) is 13.0 Å². The maximum atomic E-state index is 15.5. The van der Waals surface area contributed by atoms with E-state index in [0.29, 0.717) is 10.9 Å². The number of amides is 4. The predicted octanol–water partition coefficient (Wildman–Crippen LogP) is 0.478. The van der Waals surface area contributed by atoms with E-state index in [1.54, 1.807) is 17.9 Å². The first-order valence-electron chi connectivity index (χ1n) is 9.08. The van der Waals surface area contributed by atoms with Crippen LogP contribution in [0.1, 0.15) is 12.5 Å². The Morgan fingerprint density at radius 3 is 2.72 bits per heavy atom. The summed E-state index contributed by atoms with van der Waals surface area (Å²) in [5.41, 5.74) is -1.08. The number of morpholine rings is 1. The second-order valence-corrected chi connectivity index (χ2v) is 7.37. The van der Waals surface area contributed by atoms with Crippen molar-refractivity contribution in [3.63, 3.8) is 0 Å². The van der Waals surface area contributed by atoms with Gasteiger partial charge in [0.05, 0.1) is 36.9 Å². The minimum absolute atomic E-state index is 0.0674. The molecule has 1 aromatic heterocycles. The molecule has 152 valence electrons. The number of ether oxygens (including phenoxy) is 2. The van der Waals surface area contributed by atoms with Gasteiger partial charge in [-0.3, -0.25) is 20.2 Å². The first kappa shape index (κ1) is 17.9. The fraction of sp³-hybridized carbons (Fsp3) is 0.444. The van der Waals surface area contributed by atoms with E-state index >= 15 is 4.39 Å². The van der Waals surface area contributed by atoms with E-state index in [1.807, 2.05) is 0 Å². The Morgan fingerprint density at radius 2 is 2.03 bits per heavy atom. The van der Waals surface area contributed by atoms with Crippen molar-refractivity contribution in [1.82, 2.24) is 15.8 Å². The number of halogens is 1. The highest BCUT2D eigenvalue weighted by molar-refractivity contribution is 6.20. The number of aromatic nitrogens is 1. The normalized spacial score (nSPS) is 25.5. The van der Waals surface area contributed by atoms with Crippen molar-refractivity contribution in [1.29, 1.82) is 0 Å². The average Bonchev–Trinajstić information content (AvgIpc) is 3.09. The van der Waals surface area contributed by atoms with Crippen LogP contribution in [-0.4, -0.2) is 55.4 Å². The van der Waals surface area contributed by atoms with Crippen LogP contribution in [0.2, 0.25) is 0 Å². The fourth-order valence-corrected chi connectivity index (χ4v) is 4.79. The standard InChI is InChI=1S/C18H17FN4O6/c1-7-13-18(15(24)20-17(26)21-16(18)25)6-8-5-9-12(29-22-14(9)27-2)10(19)11(8)23(13)3-4-28-7/h5,7,13H,3-4,6H2,1-2H3,(H2,20,21,24,25,26)/t7-,13+/m0/s1. The maximum Gasteiger partial charge on any atom is 0.328 e. The third-order valence-corrected chi connectivity index (χ3v) is 5.94. The summed E-state index contributed by atoms with van der Waals surface area (Å²) in [6.45, 7) is 2.26. The summed E-state index contributed by atoms with van der Waals surface area (Å²) < 4.78 is 31.4. The van der Waals surface area contributed by atoms with Crippen LogP contribution in [0.5, 0.6) is 5.88 Å². The quantitative estimate of drug-likeness (QED) is 0.658. The lowest BCUT2D eigenvalue weighted by Gasteiger charge is -2.54. The highest BCUT2D eigenvalue weighted by Gasteiger charge is 2.62. The van der Waals surface area contributed by atoms with Gasteiger partial charge in [-0.05, 0) is 23.7 Å². The molecule has 2 aromatic rings. The number of imide groups is 2.